The maximum absolute atomic E-state index is 10.4. The van der Waals surface area contributed by atoms with Gasteiger partial charge < -0.3 is 10.8 Å². The molecule has 0 spiro atoms. The molecule has 0 aromatic heterocycles. The van der Waals surface area contributed by atoms with Crippen LogP contribution in [0.5, 0.6) is 0 Å². The molecule has 0 aliphatic carbocycles. The van der Waals surface area contributed by atoms with Crippen LogP contribution in [0.15, 0.2) is 23.1 Å². The van der Waals surface area contributed by atoms with Gasteiger partial charge in [-0.1, -0.05) is 12.1 Å². The second-order valence-corrected chi connectivity index (χ2v) is 4.62. The molecule has 0 bridgehead atoms. The molecule has 4 heteroatoms. The van der Waals surface area contributed by atoms with Crippen LogP contribution in [0, 0.1) is 6.92 Å². The number of aryl methyl sites for hydroxylation is 1. The fraction of sp³-hybridized carbons (Fsp3) is 0.417. The summed E-state index contributed by atoms with van der Waals surface area (Å²) in [7, 11) is 0. The van der Waals surface area contributed by atoms with Gasteiger partial charge in [0.2, 0.25) is 0 Å². The number of hydrogen-bond donors (Lipinski definition) is 2. The van der Waals surface area contributed by atoms with Gasteiger partial charge >= 0.3 is 5.97 Å². The van der Waals surface area contributed by atoms with Gasteiger partial charge in [-0.2, -0.15) is 0 Å². The Hall–Kier alpha value is -1.00. The predicted octanol–water partition coefficient (Wildman–Crippen LogP) is 2.58. The van der Waals surface area contributed by atoms with Crippen molar-refractivity contribution in [3.8, 4) is 0 Å². The highest BCUT2D eigenvalue weighted by Gasteiger charge is 2.09. The molecule has 0 radical (unpaired) electrons. The van der Waals surface area contributed by atoms with Crippen molar-refractivity contribution in [2.75, 3.05) is 6.26 Å². The second-order valence-electron chi connectivity index (χ2n) is 3.77. The summed E-state index contributed by atoms with van der Waals surface area (Å²) >= 11 is 1.70. The van der Waals surface area contributed by atoms with Crippen molar-refractivity contribution in [2.24, 2.45) is 5.73 Å². The Labute approximate surface area is 100 Å². The van der Waals surface area contributed by atoms with Crippen LogP contribution < -0.4 is 5.73 Å². The first kappa shape index (κ1) is 13.1. The lowest BCUT2D eigenvalue weighted by molar-refractivity contribution is -0.137. The quantitative estimate of drug-likeness (QED) is 0.775. The zero-order valence-electron chi connectivity index (χ0n) is 9.56. The van der Waals surface area contributed by atoms with Crippen LogP contribution in [0.4, 0.5) is 0 Å². The highest BCUT2D eigenvalue weighted by Crippen LogP contribution is 2.24. The summed E-state index contributed by atoms with van der Waals surface area (Å²) < 4.78 is 0. The third-order valence-electron chi connectivity index (χ3n) is 2.52. The first-order chi connectivity index (χ1) is 7.54. The molecule has 0 heterocycles. The van der Waals surface area contributed by atoms with Crippen LogP contribution in [-0.4, -0.2) is 17.3 Å². The minimum Gasteiger partial charge on any atom is -0.481 e. The molecule has 0 fully saturated rings. The van der Waals surface area contributed by atoms with E-state index in [0.717, 1.165) is 5.56 Å². The van der Waals surface area contributed by atoms with E-state index in [2.05, 4.69) is 0 Å². The van der Waals surface area contributed by atoms with Crippen molar-refractivity contribution >= 4 is 17.7 Å². The summed E-state index contributed by atoms with van der Waals surface area (Å²) in [5.74, 6) is -0.798. The fourth-order valence-electron chi connectivity index (χ4n) is 1.58. The number of hydrogen-bond acceptors (Lipinski definition) is 3. The second kappa shape index (κ2) is 5.92. The van der Waals surface area contributed by atoms with Crippen LogP contribution in [0.3, 0.4) is 0 Å². The third-order valence-corrected chi connectivity index (χ3v) is 3.41. The lowest BCUT2D eigenvalue weighted by Crippen LogP contribution is -2.12. The largest absolute Gasteiger partial charge is 0.481 e. The molecular weight excluding hydrogens is 222 g/mol. The van der Waals surface area contributed by atoms with Gasteiger partial charge in [0.25, 0.3) is 0 Å². The summed E-state index contributed by atoms with van der Waals surface area (Å²) in [5, 5.41) is 8.59. The minimum absolute atomic E-state index is 0.116. The molecular formula is C12H17NO2S. The maximum atomic E-state index is 10.4. The Kier molecular flexibility index (Phi) is 4.83. The number of carbonyl (C=O) groups is 1. The molecule has 3 N–H and O–H groups in total. The molecule has 1 unspecified atom stereocenters. The molecule has 1 aromatic carbocycles. The van der Waals surface area contributed by atoms with Gasteiger partial charge in [-0.3, -0.25) is 4.79 Å². The SMILES string of the molecule is CSc1ccc(C(N)CCC(=O)O)cc1C. The standard InChI is InChI=1S/C12H17NO2S/c1-8-7-9(3-5-11(8)16-2)10(13)4-6-12(14)15/h3,5,7,10H,4,6,13H2,1-2H3,(H,14,15). The molecule has 16 heavy (non-hydrogen) atoms. The molecule has 1 atom stereocenters. The number of carboxylic acids is 1. The monoisotopic (exact) mass is 239 g/mol. The normalized spacial score (nSPS) is 12.4. The highest BCUT2D eigenvalue weighted by atomic mass is 32.2. The van der Waals surface area contributed by atoms with Crippen LogP contribution >= 0.6 is 11.8 Å². The van der Waals surface area contributed by atoms with Gasteiger partial charge in [-0.15, -0.1) is 11.8 Å². The molecule has 0 aliphatic heterocycles. The van der Waals surface area contributed by atoms with E-state index < -0.39 is 5.97 Å². The molecule has 0 aliphatic rings. The fourth-order valence-corrected chi connectivity index (χ4v) is 2.16. The molecule has 88 valence electrons. The van der Waals surface area contributed by atoms with E-state index in [4.69, 9.17) is 10.8 Å². The zero-order chi connectivity index (χ0) is 12.1. The van der Waals surface area contributed by atoms with E-state index in [9.17, 15) is 4.79 Å². The van der Waals surface area contributed by atoms with Gasteiger partial charge in [0.1, 0.15) is 0 Å². The van der Waals surface area contributed by atoms with E-state index >= 15 is 0 Å². The first-order valence-corrected chi connectivity index (χ1v) is 6.39. The number of benzene rings is 1. The molecule has 0 amide bonds. The molecule has 0 saturated heterocycles. The minimum atomic E-state index is -0.798. The van der Waals surface area contributed by atoms with Crippen LogP contribution in [-0.2, 0) is 4.79 Å². The lowest BCUT2D eigenvalue weighted by atomic mass is 10.0. The number of carboxylic acid groups (broad SMARTS) is 1. The van der Waals surface area contributed by atoms with Gasteiger partial charge in [0, 0.05) is 17.4 Å². The van der Waals surface area contributed by atoms with E-state index in [-0.39, 0.29) is 12.5 Å². The number of thioether (sulfide) groups is 1. The topological polar surface area (TPSA) is 63.3 Å². The Morgan fingerprint density at radius 1 is 1.56 bits per heavy atom. The van der Waals surface area contributed by atoms with E-state index in [1.807, 2.05) is 31.4 Å². The van der Waals surface area contributed by atoms with Crippen molar-refractivity contribution in [1.29, 1.82) is 0 Å². The average Bonchev–Trinajstić information content (AvgIpc) is 2.25. The third kappa shape index (κ3) is 3.54. The van der Waals surface area contributed by atoms with Gasteiger partial charge in [-0.05, 0) is 36.8 Å². The van der Waals surface area contributed by atoms with Crippen LogP contribution in [0.25, 0.3) is 0 Å². The molecule has 0 saturated carbocycles. The van der Waals surface area contributed by atoms with Crippen molar-refractivity contribution in [1.82, 2.24) is 0 Å². The summed E-state index contributed by atoms with van der Waals surface area (Å²) in [6.07, 6.45) is 2.63. The van der Waals surface area contributed by atoms with Crippen molar-refractivity contribution in [3.63, 3.8) is 0 Å². The molecule has 1 rings (SSSR count). The van der Waals surface area contributed by atoms with Crippen LogP contribution in [0.1, 0.15) is 30.0 Å². The zero-order valence-corrected chi connectivity index (χ0v) is 10.4. The van der Waals surface area contributed by atoms with E-state index in [1.165, 1.54) is 10.5 Å². The average molecular weight is 239 g/mol. The predicted molar refractivity (Wildman–Crippen MR) is 66.8 cm³/mol. The molecule has 3 nitrogen and oxygen atoms in total. The van der Waals surface area contributed by atoms with Crippen LogP contribution in [0.2, 0.25) is 0 Å². The van der Waals surface area contributed by atoms with E-state index in [1.54, 1.807) is 11.8 Å². The van der Waals surface area contributed by atoms with Crippen molar-refractivity contribution in [2.45, 2.75) is 30.7 Å². The lowest BCUT2D eigenvalue weighted by Gasteiger charge is -2.12. The van der Waals surface area contributed by atoms with E-state index in [0.29, 0.717) is 6.42 Å². The number of aliphatic carboxylic acids is 1. The van der Waals surface area contributed by atoms with Gasteiger partial charge in [0.15, 0.2) is 0 Å². The Bertz CT molecular complexity index is 379. The van der Waals surface area contributed by atoms with Gasteiger partial charge in [-0.25, -0.2) is 0 Å². The number of rotatable bonds is 5. The smallest absolute Gasteiger partial charge is 0.303 e. The van der Waals surface area contributed by atoms with Crippen molar-refractivity contribution < 1.29 is 9.90 Å². The Morgan fingerprint density at radius 3 is 2.75 bits per heavy atom. The summed E-state index contributed by atoms with van der Waals surface area (Å²) in [4.78, 5) is 11.7. The summed E-state index contributed by atoms with van der Waals surface area (Å²) in [6.45, 7) is 2.04. The Balaban J connectivity index is 2.72. The Morgan fingerprint density at radius 2 is 2.25 bits per heavy atom. The summed E-state index contributed by atoms with van der Waals surface area (Å²) in [6, 6.07) is 5.87. The maximum Gasteiger partial charge on any atom is 0.303 e. The number of nitrogens with two attached hydrogens (primary N) is 1. The highest BCUT2D eigenvalue weighted by molar-refractivity contribution is 7.98. The van der Waals surface area contributed by atoms with Crippen molar-refractivity contribution in [3.05, 3.63) is 29.3 Å². The first-order valence-electron chi connectivity index (χ1n) is 5.16. The van der Waals surface area contributed by atoms with Gasteiger partial charge in [0.05, 0.1) is 0 Å². The molecule has 1 aromatic rings. The summed E-state index contributed by atoms with van der Waals surface area (Å²) in [5.41, 5.74) is 8.13.